The molecule has 0 bridgehead atoms. The molecule has 0 aromatic heterocycles. The molecule has 2 nitrogen and oxygen atoms in total. The zero-order valence-corrected chi connectivity index (χ0v) is 10.7. The Morgan fingerprint density at radius 2 is 2.25 bits per heavy atom. The minimum atomic E-state index is 0.152. The van der Waals surface area contributed by atoms with Crippen molar-refractivity contribution in [1.82, 2.24) is 5.32 Å². The van der Waals surface area contributed by atoms with Crippen LogP contribution in [0.3, 0.4) is 0 Å². The van der Waals surface area contributed by atoms with Crippen molar-refractivity contribution >= 4 is 5.91 Å². The molecule has 2 fully saturated rings. The van der Waals surface area contributed by atoms with Crippen LogP contribution in [-0.4, -0.2) is 11.4 Å². The van der Waals surface area contributed by atoms with E-state index >= 15 is 0 Å². The summed E-state index contributed by atoms with van der Waals surface area (Å²) in [5.41, 5.74) is 0.152. The molecule has 1 heterocycles. The zero-order valence-electron chi connectivity index (χ0n) is 10.7. The molecule has 2 heteroatoms. The maximum Gasteiger partial charge on any atom is 0.220 e. The predicted molar refractivity (Wildman–Crippen MR) is 66.1 cm³/mol. The van der Waals surface area contributed by atoms with Crippen LogP contribution in [0.4, 0.5) is 0 Å². The van der Waals surface area contributed by atoms with Crippen molar-refractivity contribution in [2.45, 2.75) is 70.8 Å². The van der Waals surface area contributed by atoms with Crippen LogP contribution < -0.4 is 5.32 Å². The molecule has 1 aliphatic heterocycles. The second-order valence-corrected chi connectivity index (χ2v) is 6.02. The van der Waals surface area contributed by atoms with E-state index in [4.69, 9.17) is 0 Å². The van der Waals surface area contributed by atoms with Crippen LogP contribution >= 0.6 is 0 Å². The van der Waals surface area contributed by atoms with Gasteiger partial charge in [0.05, 0.1) is 0 Å². The van der Waals surface area contributed by atoms with Gasteiger partial charge in [0.1, 0.15) is 0 Å². The summed E-state index contributed by atoms with van der Waals surface area (Å²) in [5, 5.41) is 3.24. The van der Waals surface area contributed by atoms with Crippen molar-refractivity contribution in [2.75, 3.05) is 0 Å². The highest BCUT2D eigenvalue weighted by Gasteiger charge is 2.38. The summed E-state index contributed by atoms with van der Waals surface area (Å²) in [6.07, 6.45) is 9.67. The van der Waals surface area contributed by atoms with Crippen LogP contribution in [0.2, 0.25) is 0 Å². The number of carbonyl (C=O) groups excluding carboxylic acids is 1. The van der Waals surface area contributed by atoms with Gasteiger partial charge in [-0.2, -0.15) is 0 Å². The molecule has 1 aliphatic carbocycles. The van der Waals surface area contributed by atoms with Crippen molar-refractivity contribution in [1.29, 1.82) is 0 Å². The van der Waals surface area contributed by atoms with Crippen LogP contribution in [0.15, 0.2) is 0 Å². The molecular weight excluding hydrogens is 198 g/mol. The lowest BCUT2D eigenvalue weighted by Gasteiger charge is -2.35. The Labute approximate surface area is 99.2 Å². The molecule has 0 aromatic rings. The van der Waals surface area contributed by atoms with E-state index in [1.165, 1.54) is 32.1 Å². The van der Waals surface area contributed by atoms with Gasteiger partial charge in [0.25, 0.3) is 0 Å². The normalized spacial score (nSPS) is 39.8. The minimum absolute atomic E-state index is 0.152. The number of nitrogens with one attached hydrogen (secondary N) is 1. The van der Waals surface area contributed by atoms with E-state index in [1.54, 1.807) is 0 Å². The fourth-order valence-corrected chi connectivity index (χ4v) is 3.63. The van der Waals surface area contributed by atoms with Gasteiger partial charge < -0.3 is 5.32 Å². The fourth-order valence-electron chi connectivity index (χ4n) is 3.63. The highest BCUT2D eigenvalue weighted by molar-refractivity contribution is 5.79. The molecule has 2 aliphatic rings. The molecule has 1 saturated heterocycles. The first kappa shape index (κ1) is 11.9. The molecule has 1 saturated carbocycles. The third kappa shape index (κ3) is 2.58. The molecular formula is C14H25NO. The third-order valence-corrected chi connectivity index (χ3v) is 4.64. The molecule has 92 valence electrons. The van der Waals surface area contributed by atoms with Crippen molar-refractivity contribution in [2.24, 2.45) is 11.8 Å². The predicted octanol–water partition coefficient (Wildman–Crippen LogP) is 3.26. The maximum atomic E-state index is 11.4. The Morgan fingerprint density at radius 1 is 1.44 bits per heavy atom. The Bertz CT molecular complexity index is 263. The first-order valence-electron chi connectivity index (χ1n) is 6.94. The Morgan fingerprint density at radius 3 is 2.81 bits per heavy atom. The van der Waals surface area contributed by atoms with Gasteiger partial charge in [-0.3, -0.25) is 4.79 Å². The summed E-state index contributed by atoms with van der Waals surface area (Å²) >= 11 is 0. The average Bonchev–Trinajstić information content (AvgIpc) is 2.61. The van der Waals surface area contributed by atoms with Crippen LogP contribution in [0, 0.1) is 11.8 Å². The van der Waals surface area contributed by atoms with Gasteiger partial charge in [0.2, 0.25) is 5.91 Å². The largest absolute Gasteiger partial charge is 0.351 e. The average molecular weight is 223 g/mol. The van der Waals surface area contributed by atoms with E-state index in [1.807, 2.05) is 0 Å². The van der Waals surface area contributed by atoms with Crippen LogP contribution in [0.25, 0.3) is 0 Å². The monoisotopic (exact) mass is 223 g/mol. The lowest BCUT2D eigenvalue weighted by Crippen LogP contribution is -2.43. The van der Waals surface area contributed by atoms with Crippen molar-refractivity contribution in [3.8, 4) is 0 Å². The van der Waals surface area contributed by atoms with E-state index < -0.39 is 0 Å². The van der Waals surface area contributed by atoms with E-state index in [9.17, 15) is 4.79 Å². The van der Waals surface area contributed by atoms with Gasteiger partial charge >= 0.3 is 0 Å². The Kier molecular flexibility index (Phi) is 3.56. The molecule has 0 aromatic carbocycles. The number of rotatable bonds is 3. The number of amides is 1. The summed E-state index contributed by atoms with van der Waals surface area (Å²) in [4.78, 5) is 11.4. The lowest BCUT2D eigenvalue weighted by atomic mass is 9.74. The second-order valence-electron chi connectivity index (χ2n) is 6.02. The Hall–Kier alpha value is -0.530. The van der Waals surface area contributed by atoms with Crippen LogP contribution in [0.1, 0.15) is 65.2 Å². The molecule has 2 rings (SSSR count). The van der Waals surface area contributed by atoms with Gasteiger partial charge in [-0.15, -0.1) is 0 Å². The van der Waals surface area contributed by atoms with E-state index in [2.05, 4.69) is 19.2 Å². The highest BCUT2D eigenvalue weighted by Crippen LogP contribution is 2.38. The quantitative estimate of drug-likeness (QED) is 0.781. The number of hydrogen-bond donors (Lipinski definition) is 1. The van der Waals surface area contributed by atoms with Gasteiger partial charge in [-0.05, 0) is 37.5 Å². The van der Waals surface area contributed by atoms with Crippen molar-refractivity contribution in [3.63, 3.8) is 0 Å². The van der Waals surface area contributed by atoms with Gasteiger partial charge in [0.15, 0.2) is 0 Å². The molecule has 1 amide bonds. The summed E-state index contributed by atoms with van der Waals surface area (Å²) in [6.45, 7) is 4.59. The van der Waals surface area contributed by atoms with Gasteiger partial charge in [-0.1, -0.05) is 33.1 Å². The second kappa shape index (κ2) is 4.77. The van der Waals surface area contributed by atoms with E-state index in [-0.39, 0.29) is 11.4 Å². The molecule has 3 unspecified atom stereocenters. The molecule has 16 heavy (non-hydrogen) atoms. The smallest absolute Gasteiger partial charge is 0.220 e. The minimum Gasteiger partial charge on any atom is -0.351 e. The van der Waals surface area contributed by atoms with E-state index in [0.29, 0.717) is 0 Å². The van der Waals surface area contributed by atoms with Crippen LogP contribution in [-0.2, 0) is 4.79 Å². The topological polar surface area (TPSA) is 29.1 Å². The molecule has 1 N–H and O–H groups in total. The third-order valence-electron chi connectivity index (χ3n) is 4.64. The summed E-state index contributed by atoms with van der Waals surface area (Å²) < 4.78 is 0. The fraction of sp³-hybridized carbons (Fsp3) is 0.929. The molecule has 3 atom stereocenters. The highest BCUT2D eigenvalue weighted by atomic mass is 16.2. The number of hydrogen-bond acceptors (Lipinski definition) is 1. The first-order valence-corrected chi connectivity index (χ1v) is 6.94. The summed E-state index contributed by atoms with van der Waals surface area (Å²) in [5.74, 6) is 2.01. The standard InChI is InChI=1S/C14H25NO/c1-3-14(8-7-13(16)15-14)10-12-6-4-5-11(2)9-12/h11-12H,3-10H2,1-2H3,(H,15,16). The number of carbonyl (C=O) groups is 1. The molecule has 0 radical (unpaired) electrons. The Balaban J connectivity index is 1.93. The van der Waals surface area contributed by atoms with Crippen molar-refractivity contribution < 1.29 is 4.79 Å². The lowest BCUT2D eigenvalue weighted by molar-refractivity contribution is -0.119. The van der Waals surface area contributed by atoms with Crippen molar-refractivity contribution in [3.05, 3.63) is 0 Å². The summed E-state index contributed by atoms with van der Waals surface area (Å²) in [7, 11) is 0. The van der Waals surface area contributed by atoms with Gasteiger partial charge in [-0.25, -0.2) is 0 Å². The maximum absolute atomic E-state index is 11.4. The molecule has 0 spiro atoms. The zero-order chi connectivity index (χ0) is 11.6. The SMILES string of the molecule is CCC1(CC2CCCC(C)C2)CCC(=O)N1. The van der Waals surface area contributed by atoms with E-state index in [0.717, 1.165) is 31.1 Å². The van der Waals surface area contributed by atoms with Crippen LogP contribution in [0.5, 0.6) is 0 Å². The summed E-state index contributed by atoms with van der Waals surface area (Å²) in [6, 6.07) is 0. The van der Waals surface area contributed by atoms with Gasteiger partial charge in [0, 0.05) is 12.0 Å². The first-order chi connectivity index (χ1) is 7.63.